The van der Waals surface area contributed by atoms with Gasteiger partial charge in [0.05, 0.1) is 17.8 Å². The Morgan fingerprint density at radius 2 is 2.16 bits per heavy atom. The minimum absolute atomic E-state index is 0.00752. The van der Waals surface area contributed by atoms with E-state index in [0.717, 1.165) is 25.3 Å². The Hall–Kier alpha value is -3.05. The van der Waals surface area contributed by atoms with Gasteiger partial charge in [-0.15, -0.1) is 5.10 Å². The number of benzene rings is 1. The van der Waals surface area contributed by atoms with Crippen molar-refractivity contribution in [1.29, 1.82) is 0 Å². The predicted octanol–water partition coefficient (Wildman–Crippen LogP) is 2.92. The number of nitrogens with zero attached hydrogens (tertiary/aromatic N) is 5. The van der Waals surface area contributed by atoms with Crippen LogP contribution >= 0.6 is 0 Å². The molecule has 12 heteroatoms. The van der Waals surface area contributed by atoms with Crippen LogP contribution < -0.4 is 19.9 Å². The fourth-order valence-corrected chi connectivity index (χ4v) is 4.79. The van der Waals surface area contributed by atoms with Gasteiger partial charge in [0.2, 0.25) is 0 Å². The number of hydrogen-bond acceptors (Lipinski definition) is 6. The van der Waals surface area contributed by atoms with Crippen molar-refractivity contribution in [2.24, 2.45) is 5.92 Å². The number of halogens is 3. The summed E-state index contributed by atoms with van der Waals surface area (Å²) in [6.07, 6.45) is 2.61. The molecule has 4 atom stereocenters. The van der Waals surface area contributed by atoms with Crippen molar-refractivity contribution in [3.63, 3.8) is 0 Å². The Balaban J connectivity index is 1.51. The Kier molecular flexibility index (Phi) is 5.88. The minimum atomic E-state index is -3.05. The predicted molar refractivity (Wildman–Crippen MR) is 106 cm³/mol. The molecule has 0 spiro atoms. The molecule has 2 aliphatic heterocycles. The lowest BCUT2D eigenvalue weighted by molar-refractivity contribution is -0.0499. The second-order valence-corrected chi connectivity index (χ2v) is 7.84. The number of rotatable bonds is 6. The number of urea groups is 1. The summed E-state index contributed by atoms with van der Waals surface area (Å²) in [6.45, 7) is 0.976. The number of carbonyl (C=O) groups excluding carboxylic acids is 1. The van der Waals surface area contributed by atoms with Crippen molar-refractivity contribution >= 4 is 17.7 Å². The molecule has 31 heavy (non-hydrogen) atoms. The van der Waals surface area contributed by atoms with Crippen molar-refractivity contribution in [2.45, 2.75) is 57.8 Å². The van der Waals surface area contributed by atoms with Gasteiger partial charge in [0.25, 0.3) is 5.95 Å². The van der Waals surface area contributed by atoms with Crippen molar-refractivity contribution < 1.29 is 22.7 Å². The lowest BCUT2D eigenvalue weighted by Gasteiger charge is -2.43. The van der Waals surface area contributed by atoms with Crippen LogP contribution in [0.1, 0.15) is 33.1 Å². The number of nitrogens with one attached hydrogen (secondary N) is 2. The van der Waals surface area contributed by atoms with E-state index in [1.54, 1.807) is 6.92 Å². The molecule has 2 aliphatic rings. The number of aromatic amines is 1. The summed E-state index contributed by atoms with van der Waals surface area (Å²) in [5.74, 6) is -0.325. The number of anilines is 2. The van der Waals surface area contributed by atoms with Crippen LogP contribution in [0.25, 0.3) is 0 Å². The average Bonchev–Trinajstić information content (AvgIpc) is 3.35. The maximum absolute atomic E-state index is 14.6. The molecule has 0 unspecified atom stereocenters. The molecular weight excluding hydrogens is 415 g/mol. The summed E-state index contributed by atoms with van der Waals surface area (Å²) < 4.78 is 43.5. The van der Waals surface area contributed by atoms with Crippen LogP contribution in [0, 0.1) is 11.7 Å². The van der Waals surface area contributed by atoms with Gasteiger partial charge in [-0.25, -0.2) is 9.18 Å². The molecule has 168 valence electrons. The fourth-order valence-electron chi connectivity index (χ4n) is 4.79. The van der Waals surface area contributed by atoms with Crippen LogP contribution in [0.2, 0.25) is 0 Å². The summed E-state index contributed by atoms with van der Waals surface area (Å²) in [7, 11) is 0. The average molecular weight is 439 g/mol. The first-order chi connectivity index (χ1) is 14.9. The fraction of sp³-hybridized carbons (Fsp3) is 0.579. The highest BCUT2D eigenvalue weighted by atomic mass is 19.3. The van der Waals surface area contributed by atoms with Crippen molar-refractivity contribution in [3.8, 4) is 5.75 Å². The number of alkyl halides is 2. The molecule has 4 rings (SSSR count). The van der Waals surface area contributed by atoms with Crippen LogP contribution in [0.4, 0.5) is 29.6 Å². The number of carbonyl (C=O) groups is 1. The highest BCUT2D eigenvalue weighted by molar-refractivity contribution is 5.92. The number of amides is 2. The van der Waals surface area contributed by atoms with Crippen LogP contribution in [-0.4, -0.2) is 57.9 Å². The molecule has 2 bridgehead atoms. The van der Waals surface area contributed by atoms with E-state index >= 15 is 0 Å². The van der Waals surface area contributed by atoms with Gasteiger partial charge in [0, 0.05) is 18.7 Å². The molecular formula is C19H24F3N7O2. The summed E-state index contributed by atoms with van der Waals surface area (Å²) in [4.78, 5) is 16.4. The lowest BCUT2D eigenvalue weighted by Crippen LogP contribution is -2.59. The Morgan fingerprint density at radius 3 is 2.81 bits per heavy atom. The van der Waals surface area contributed by atoms with Gasteiger partial charge in [-0.1, -0.05) is 12.0 Å². The molecule has 2 N–H and O–H groups in total. The second-order valence-electron chi connectivity index (χ2n) is 7.84. The third kappa shape index (κ3) is 4.10. The number of hydrogen-bond donors (Lipinski definition) is 2. The zero-order valence-corrected chi connectivity index (χ0v) is 17.1. The first-order valence-corrected chi connectivity index (χ1v) is 10.2. The van der Waals surface area contributed by atoms with Gasteiger partial charge in [-0.3, -0.25) is 4.90 Å². The zero-order chi connectivity index (χ0) is 22.1. The molecule has 0 radical (unpaired) electrons. The largest absolute Gasteiger partial charge is 0.435 e. The normalized spacial score (nSPS) is 25.0. The third-order valence-electron chi connectivity index (χ3n) is 6.09. The molecule has 2 saturated heterocycles. The van der Waals surface area contributed by atoms with Gasteiger partial charge in [-0.05, 0) is 49.5 Å². The van der Waals surface area contributed by atoms with E-state index in [2.05, 4.69) is 42.5 Å². The standard InChI is InChI=1S/C19H24F3N7O2/c1-3-28(15-5-4-11(9-12(15)20)31-17(21)22)19(30)23-13-8-10(2)14-6-7-16(13)29(14)18-24-26-27-25-18/h4-5,9-10,13-14,16-17H,3,6-8H2,1-2H3,(H,23,30)(H,24,25,26,27)/t10-,13-,14+,16-/m0/s1. The molecule has 0 aliphatic carbocycles. The SMILES string of the molecule is CCN(C(=O)N[C@H]1C[C@H](C)[C@H]2CC[C@@H]1N2c1nn[nH]n1)c1ccc(OC(F)F)cc1F. The van der Waals surface area contributed by atoms with Gasteiger partial charge in [0.15, 0.2) is 5.82 Å². The lowest BCUT2D eigenvalue weighted by atomic mass is 9.88. The monoisotopic (exact) mass is 439 g/mol. The van der Waals surface area contributed by atoms with E-state index in [9.17, 15) is 18.0 Å². The number of fused-ring (bicyclic) bond motifs is 2. The van der Waals surface area contributed by atoms with E-state index in [4.69, 9.17) is 0 Å². The number of tetrazole rings is 1. The number of ether oxygens (including phenoxy) is 1. The van der Waals surface area contributed by atoms with E-state index in [-0.39, 0.29) is 36.1 Å². The van der Waals surface area contributed by atoms with Crippen molar-refractivity contribution in [2.75, 3.05) is 16.3 Å². The number of aromatic nitrogens is 4. The molecule has 2 amide bonds. The molecule has 3 heterocycles. The quantitative estimate of drug-likeness (QED) is 0.718. The van der Waals surface area contributed by atoms with E-state index in [1.807, 2.05) is 0 Å². The first kappa shape index (κ1) is 21.2. The summed E-state index contributed by atoms with van der Waals surface area (Å²) in [5, 5.41) is 17.4. The van der Waals surface area contributed by atoms with Gasteiger partial charge < -0.3 is 15.0 Å². The Bertz CT molecular complexity index is 914. The maximum atomic E-state index is 14.6. The molecule has 2 fully saturated rings. The van der Waals surface area contributed by atoms with Crippen LogP contribution in [0.5, 0.6) is 5.75 Å². The van der Waals surface area contributed by atoms with Crippen LogP contribution in [-0.2, 0) is 0 Å². The zero-order valence-electron chi connectivity index (χ0n) is 17.1. The third-order valence-corrected chi connectivity index (χ3v) is 6.09. The summed E-state index contributed by atoms with van der Waals surface area (Å²) in [5.41, 5.74) is -0.00945. The Morgan fingerprint density at radius 1 is 1.39 bits per heavy atom. The molecule has 2 aromatic rings. The maximum Gasteiger partial charge on any atom is 0.387 e. The van der Waals surface area contributed by atoms with Crippen molar-refractivity contribution in [1.82, 2.24) is 25.9 Å². The van der Waals surface area contributed by atoms with Gasteiger partial charge >= 0.3 is 12.6 Å². The molecule has 1 aromatic heterocycles. The summed E-state index contributed by atoms with van der Waals surface area (Å²) >= 11 is 0. The van der Waals surface area contributed by atoms with Crippen molar-refractivity contribution in [3.05, 3.63) is 24.0 Å². The van der Waals surface area contributed by atoms with Crippen LogP contribution in [0.3, 0.4) is 0 Å². The molecule has 1 aromatic carbocycles. The number of H-pyrrole nitrogens is 1. The smallest absolute Gasteiger partial charge is 0.387 e. The van der Waals surface area contributed by atoms with E-state index in [1.165, 1.54) is 17.0 Å². The molecule has 0 saturated carbocycles. The van der Waals surface area contributed by atoms with E-state index < -0.39 is 18.5 Å². The number of piperidine rings is 1. The van der Waals surface area contributed by atoms with Crippen LogP contribution in [0.15, 0.2) is 18.2 Å². The highest BCUT2D eigenvalue weighted by Crippen LogP contribution is 2.41. The first-order valence-electron chi connectivity index (χ1n) is 10.2. The molecule has 9 nitrogen and oxygen atoms in total. The highest BCUT2D eigenvalue weighted by Gasteiger charge is 2.48. The Labute approximate surface area is 176 Å². The van der Waals surface area contributed by atoms with E-state index in [0.29, 0.717) is 11.9 Å². The van der Waals surface area contributed by atoms with Gasteiger partial charge in [0.1, 0.15) is 5.75 Å². The topological polar surface area (TPSA) is 99.3 Å². The van der Waals surface area contributed by atoms with Gasteiger partial charge in [-0.2, -0.15) is 14.0 Å². The minimum Gasteiger partial charge on any atom is -0.435 e. The second kappa shape index (κ2) is 8.60. The summed E-state index contributed by atoms with van der Waals surface area (Å²) in [6, 6.07) is 2.96.